The topological polar surface area (TPSA) is 55.8 Å². The van der Waals surface area contributed by atoms with Crippen LogP contribution in [0.25, 0.3) is 11.1 Å². The van der Waals surface area contributed by atoms with Crippen molar-refractivity contribution < 1.29 is 32.5 Å². The van der Waals surface area contributed by atoms with Gasteiger partial charge in [-0.25, -0.2) is 0 Å². The molecule has 3 rings (SSSR count). The maximum Gasteiger partial charge on any atom is 0.416 e. The van der Waals surface area contributed by atoms with E-state index in [1.807, 2.05) is 0 Å². The summed E-state index contributed by atoms with van der Waals surface area (Å²) in [5, 5.41) is 9.64. The van der Waals surface area contributed by atoms with E-state index in [0.717, 1.165) is 25.0 Å². The molecular formula is C21H21F3O4. The van der Waals surface area contributed by atoms with Gasteiger partial charge in [-0.15, -0.1) is 0 Å². The number of alkyl halides is 3. The lowest BCUT2D eigenvalue weighted by molar-refractivity contribution is -0.139. The highest BCUT2D eigenvalue weighted by atomic mass is 19.4. The van der Waals surface area contributed by atoms with Crippen LogP contribution in [-0.4, -0.2) is 31.4 Å². The Morgan fingerprint density at radius 1 is 1.11 bits per heavy atom. The van der Waals surface area contributed by atoms with Crippen LogP contribution >= 0.6 is 0 Å². The van der Waals surface area contributed by atoms with Crippen LogP contribution in [0.5, 0.6) is 5.75 Å². The van der Waals surface area contributed by atoms with Crippen LogP contribution in [0.2, 0.25) is 0 Å². The Bertz CT molecular complexity index is 827. The van der Waals surface area contributed by atoms with Gasteiger partial charge in [0.2, 0.25) is 0 Å². The largest absolute Gasteiger partial charge is 0.491 e. The van der Waals surface area contributed by atoms with Crippen LogP contribution in [0.15, 0.2) is 42.5 Å². The number of carboxylic acid groups (broad SMARTS) is 1. The third-order valence-corrected chi connectivity index (χ3v) is 4.75. The van der Waals surface area contributed by atoms with Gasteiger partial charge >= 0.3 is 12.1 Å². The summed E-state index contributed by atoms with van der Waals surface area (Å²) in [7, 11) is 1.54. The molecule has 7 heteroatoms. The van der Waals surface area contributed by atoms with Gasteiger partial charge in [-0.05, 0) is 59.7 Å². The molecule has 0 radical (unpaired) electrons. The van der Waals surface area contributed by atoms with Gasteiger partial charge in [0, 0.05) is 7.11 Å². The Balaban J connectivity index is 1.97. The van der Waals surface area contributed by atoms with Crippen LogP contribution < -0.4 is 4.74 Å². The summed E-state index contributed by atoms with van der Waals surface area (Å²) in [5.41, 5.74) is 1.04. The first-order valence-corrected chi connectivity index (χ1v) is 8.96. The zero-order chi connectivity index (χ0) is 20.3. The van der Waals surface area contributed by atoms with Crippen molar-refractivity contribution in [3.63, 3.8) is 0 Å². The second-order valence-corrected chi connectivity index (χ2v) is 6.86. The van der Waals surface area contributed by atoms with Gasteiger partial charge in [-0.3, -0.25) is 4.79 Å². The third kappa shape index (κ3) is 4.84. The number of ether oxygens (including phenoxy) is 2. The minimum atomic E-state index is -4.41. The average molecular weight is 394 g/mol. The molecule has 0 spiro atoms. The van der Waals surface area contributed by atoms with E-state index in [4.69, 9.17) is 9.47 Å². The van der Waals surface area contributed by atoms with Crippen molar-refractivity contribution in [3.05, 3.63) is 53.6 Å². The first-order valence-electron chi connectivity index (χ1n) is 8.96. The van der Waals surface area contributed by atoms with E-state index in [1.54, 1.807) is 25.3 Å². The highest BCUT2D eigenvalue weighted by molar-refractivity contribution is 5.79. The van der Waals surface area contributed by atoms with Crippen molar-refractivity contribution in [2.75, 3.05) is 20.3 Å². The molecule has 1 aliphatic carbocycles. The summed E-state index contributed by atoms with van der Waals surface area (Å²) in [6, 6.07) is 9.92. The molecule has 0 heterocycles. The molecule has 1 saturated carbocycles. The summed E-state index contributed by atoms with van der Waals surface area (Å²) in [6.45, 7) is 0.651. The molecule has 0 amide bonds. The van der Waals surface area contributed by atoms with Crippen LogP contribution in [0.1, 0.15) is 29.9 Å². The smallest absolute Gasteiger partial charge is 0.416 e. The number of hydrogen-bond acceptors (Lipinski definition) is 3. The Morgan fingerprint density at radius 2 is 1.79 bits per heavy atom. The van der Waals surface area contributed by atoms with Crippen molar-refractivity contribution in [2.45, 2.75) is 24.9 Å². The standard InChI is InChI=1S/C21H21F3O4/c1-27-8-9-28-18-11-15(13-4-6-17(7-5-13)21(22,23)24)10-16(12-18)19(20(25)26)14-2-3-14/h4-7,10-12,14,19H,2-3,8-9H2,1H3,(H,25,26). The molecule has 2 aromatic rings. The third-order valence-electron chi connectivity index (χ3n) is 4.75. The van der Waals surface area contributed by atoms with Gasteiger partial charge in [-0.1, -0.05) is 18.2 Å². The molecule has 28 heavy (non-hydrogen) atoms. The van der Waals surface area contributed by atoms with E-state index in [0.29, 0.717) is 29.0 Å². The molecule has 4 nitrogen and oxygen atoms in total. The first-order chi connectivity index (χ1) is 13.3. The highest BCUT2D eigenvalue weighted by Gasteiger charge is 2.37. The molecule has 0 saturated heterocycles. The van der Waals surface area contributed by atoms with Crippen molar-refractivity contribution >= 4 is 5.97 Å². The van der Waals surface area contributed by atoms with Gasteiger partial charge in [0.15, 0.2) is 0 Å². The number of hydrogen-bond donors (Lipinski definition) is 1. The summed E-state index contributed by atoms with van der Waals surface area (Å²) in [5.74, 6) is -1.02. The number of rotatable bonds is 8. The van der Waals surface area contributed by atoms with E-state index >= 15 is 0 Å². The molecular weight excluding hydrogens is 373 g/mol. The number of benzene rings is 2. The Kier molecular flexibility index (Phi) is 5.93. The Labute approximate surface area is 160 Å². The monoisotopic (exact) mass is 394 g/mol. The van der Waals surface area contributed by atoms with E-state index in [-0.39, 0.29) is 12.5 Å². The summed E-state index contributed by atoms with van der Waals surface area (Å²) < 4.78 is 49.1. The molecule has 1 aliphatic rings. The van der Waals surface area contributed by atoms with Gasteiger partial charge in [0.05, 0.1) is 18.1 Å². The second-order valence-electron chi connectivity index (χ2n) is 6.86. The quantitative estimate of drug-likeness (QED) is 0.642. The van der Waals surface area contributed by atoms with Gasteiger partial charge in [0.1, 0.15) is 12.4 Å². The van der Waals surface area contributed by atoms with Crippen LogP contribution in [0.3, 0.4) is 0 Å². The minimum absolute atomic E-state index is 0.0761. The van der Waals surface area contributed by atoms with Crippen LogP contribution in [-0.2, 0) is 15.7 Å². The lowest BCUT2D eigenvalue weighted by Gasteiger charge is -2.16. The van der Waals surface area contributed by atoms with Gasteiger partial charge in [0.25, 0.3) is 0 Å². The molecule has 0 bridgehead atoms. The zero-order valence-corrected chi connectivity index (χ0v) is 15.3. The van der Waals surface area contributed by atoms with E-state index in [9.17, 15) is 23.1 Å². The molecule has 1 unspecified atom stereocenters. The Hall–Kier alpha value is -2.54. The van der Waals surface area contributed by atoms with Crippen LogP contribution in [0.4, 0.5) is 13.2 Å². The van der Waals surface area contributed by atoms with Gasteiger partial charge < -0.3 is 14.6 Å². The fraction of sp³-hybridized carbons (Fsp3) is 0.381. The van der Waals surface area contributed by atoms with E-state index < -0.39 is 23.6 Å². The maximum absolute atomic E-state index is 12.8. The summed E-state index contributed by atoms with van der Waals surface area (Å²) in [6.07, 6.45) is -2.71. The lowest BCUT2D eigenvalue weighted by atomic mass is 9.91. The number of carboxylic acids is 1. The number of carbonyl (C=O) groups is 1. The molecule has 0 aliphatic heterocycles. The molecule has 1 fully saturated rings. The molecule has 1 atom stereocenters. The second kappa shape index (κ2) is 8.22. The molecule has 2 aromatic carbocycles. The zero-order valence-electron chi connectivity index (χ0n) is 15.3. The number of methoxy groups -OCH3 is 1. The predicted molar refractivity (Wildman–Crippen MR) is 97.4 cm³/mol. The molecule has 1 N–H and O–H groups in total. The van der Waals surface area contributed by atoms with Gasteiger partial charge in [-0.2, -0.15) is 13.2 Å². The molecule has 0 aromatic heterocycles. The van der Waals surface area contributed by atoms with Crippen molar-refractivity contribution in [2.24, 2.45) is 5.92 Å². The number of halogens is 3. The van der Waals surface area contributed by atoms with Crippen molar-refractivity contribution in [1.29, 1.82) is 0 Å². The normalized spacial score (nSPS) is 15.3. The average Bonchev–Trinajstić information content (AvgIpc) is 3.46. The SMILES string of the molecule is COCCOc1cc(-c2ccc(C(F)(F)F)cc2)cc(C(C(=O)O)C2CC2)c1. The fourth-order valence-electron chi connectivity index (χ4n) is 3.19. The summed E-state index contributed by atoms with van der Waals surface area (Å²) >= 11 is 0. The lowest BCUT2D eigenvalue weighted by Crippen LogP contribution is -2.14. The summed E-state index contributed by atoms with van der Waals surface area (Å²) in [4.78, 5) is 11.8. The van der Waals surface area contributed by atoms with E-state index in [2.05, 4.69) is 0 Å². The van der Waals surface area contributed by atoms with E-state index in [1.165, 1.54) is 12.1 Å². The predicted octanol–water partition coefficient (Wildman–Crippen LogP) is 4.98. The van der Waals surface area contributed by atoms with Crippen molar-refractivity contribution in [1.82, 2.24) is 0 Å². The minimum Gasteiger partial charge on any atom is -0.491 e. The number of aliphatic carboxylic acids is 1. The maximum atomic E-state index is 12.8. The molecule has 150 valence electrons. The van der Waals surface area contributed by atoms with Crippen molar-refractivity contribution in [3.8, 4) is 16.9 Å². The first kappa shape index (κ1) is 20.2. The van der Waals surface area contributed by atoms with Crippen LogP contribution in [0, 0.1) is 5.92 Å². The highest BCUT2D eigenvalue weighted by Crippen LogP contribution is 2.44. The Morgan fingerprint density at radius 3 is 2.32 bits per heavy atom. The fourth-order valence-corrected chi connectivity index (χ4v) is 3.19.